The maximum absolute atomic E-state index is 5.27. The standard InChI is InChI=1S/C12H27N.C3H6BrCl/c1-4-5-6-7-8-9-10-11-12-13(2)3;4-2-1-3-5/h4-12H2,1-3H3;1-3H2. The van der Waals surface area contributed by atoms with E-state index in [9.17, 15) is 0 Å². The first-order valence-electron chi connectivity index (χ1n) is 7.45. The highest BCUT2D eigenvalue weighted by Gasteiger charge is 1.92. The number of alkyl halides is 2. The maximum Gasteiger partial charge on any atom is 0.0231 e. The molecule has 0 aliphatic heterocycles. The Morgan fingerprint density at radius 2 is 1.33 bits per heavy atom. The van der Waals surface area contributed by atoms with E-state index in [0.29, 0.717) is 0 Å². The zero-order valence-electron chi connectivity index (χ0n) is 12.7. The summed E-state index contributed by atoms with van der Waals surface area (Å²) >= 11 is 8.50. The molecule has 0 atom stereocenters. The van der Waals surface area contributed by atoms with Crippen molar-refractivity contribution in [3.63, 3.8) is 0 Å². The van der Waals surface area contributed by atoms with Gasteiger partial charge < -0.3 is 4.90 Å². The SMILES string of the molecule is CCCCCCCCCCN(C)C.ClCCCBr. The van der Waals surface area contributed by atoms with E-state index < -0.39 is 0 Å². The zero-order chi connectivity index (χ0) is 14.1. The van der Waals surface area contributed by atoms with Crippen LogP contribution in [0, 0.1) is 0 Å². The van der Waals surface area contributed by atoms with Crippen LogP contribution in [0.1, 0.15) is 64.7 Å². The highest BCUT2D eigenvalue weighted by Crippen LogP contribution is 2.08. The maximum atomic E-state index is 5.27. The smallest absolute Gasteiger partial charge is 0.0231 e. The Kier molecular flexibility index (Phi) is 23.4. The van der Waals surface area contributed by atoms with Gasteiger partial charge in [0.05, 0.1) is 0 Å². The quantitative estimate of drug-likeness (QED) is 0.344. The summed E-state index contributed by atoms with van der Waals surface area (Å²) in [4.78, 5) is 2.27. The topological polar surface area (TPSA) is 3.24 Å². The molecule has 0 fully saturated rings. The number of nitrogens with zero attached hydrogens (tertiary/aromatic N) is 1. The van der Waals surface area contributed by atoms with Gasteiger partial charge in [0.1, 0.15) is 0 Å². The van der Waals surface area contributed by atoms with Crippen molar-refractivity contribution in [3.8, 4) is 0 Å². The van der Waals surface area contributed by atoms with Gasteiger partial charge in [0.15, 0.2) is 0 Å². The summed E-state index contributed by atoms with van der Waals surface area (Å²) in [6.07, 6.45) is 12.5. The normalized spacial score (nSPS) is 10.3. The van der Waals surface area contributed by atoms with Crippen LogP contribution < -0.4 is 0 Å². The van der Waals surface area contributed by atoms with Crippen LogP contribution in [0.3, 0.4) is 0 Å². The minimum atomic E-state index is 0.769. The van der Waals surface area contributed by atoms with Gasteiger partial charge in [0, 0.05) is 11.2 Å². The van der Waals surface area contributed by atoms with E-state index in [2.05, 4.69) is 41.8 Å². The first kappa shape index (κ1) is 21.0. The van der Waals surface area contributed by atoms with Gasteiger partial charge in [-0.25, -0.2) is 0 Å². The van der Waals surface area contributed by atoms with Crippen LogP contribution in [0.2, 0.25) is 0 Å². The molecule has 18 heavy (non-hydrogen) atoms. The van der Waals surface area contributed by atoms with E-state index in [0.717, 1.165) is 17.6 Å². The molecule has 0 saturated carbocycles. The van der Waals surface area contributed by atoms with Crippen molar-refractivity contribution in [2.75, 3.05) is 31.9 Å². The molecule has 0 aliphatic carbocycles. The van der Waals surface area contributed by atoms with Crippen molar-refractivity contribution in [2.24, 2.45) is 0 Å². The molecule has 0 heterocycles. The zero-order valence-corrected chi connectivity index (χ0v) is 15.0. The molecule has 0 radical (unpaired) electrons. The molecule has 112 valence electrons. The Balaban J connectivity index is 0. The van der Waals surface area contributed by atoms with Crippen molar-refractivity contribution in [1.29, 1.82) is 0 Å². The van der Waals surface area contributed by atoms with Crippen LogP contribution in [-0.2, 0) is 0 Å². The molecule has 1 nitrogen and oxygen atoms in total. The van der Waals surface area contributed by atoms with Crippen molar-refractivity contribution < 1.29 is 0 Å². The van der Waals surface area contributed by atoms with Crippen molar-refractivity contribution in [3.05, 3.63) is 0 Å². The third kappa shape index (κ3) is 25.5. The van der Waals surface area contributed by atoms with Crippen molar-refractivity contribution in [2.45, 2.75) is 64.7 Å². The van der Waals surface area contributed by atoms with Gasteiger partial charge in [0.25, 0.3) is 0 Å². The Hall–Kier alpha value is 0.730. The molecule has 0 aromatic heterocycles. The van der Waals surface area contributed by atoms with Gasteiger partial charge in [-0.05, 0) is 33.5 Å². The Morgan fingerprint density at radius 1 is 0.833 bits per heavy atom. The second-order valence-electron chi connectivity index (χ2n) is 5.01. The lowest BCUT2D eigenvalue weighted by Gasteiger charge is -2.08. The molecule has 0 bridgehead atoms. The predicted molar refractivity (Wildman–Crippen MR) is 90.3 cm³/mol. The van der Waals surface area contributed by atoms with Gasteiger partial charge >= 0.3 is 0 Å². The fraction of sp³-hybridized carbons (Fsp3) is 1.00. The molecule has 0 N–H and O–H groups in total. The summed E-state index contributed by atoms with van der Waals surface area (Å²) in [6, 6.07) is 0. The molecule has 0 spiro atoms. The molecule has 0 unspecified atom stereocenters. The average Bonchev–Trinajstić information content (AvgIpc) is 2.34. The van der Waals surface area contributed by atoms with Gasteiger partial charge in [-0.2, -0.15) is 0 Å². The van der Waals surface area contributed by atoms with Crippen LogP contribution in [0.15, 0.2) is 0 Å². The summed E-state index contributed by atoms with van der Waals surface area (Å²) in [5.74, 6) is 0.769. The van der Waals surface area contributed by atoms with Crippen molar-refractivity contribution >= 4 is 27.5 Å². The number of unbranched alkanes of at least 4 members (excludes halogenated alkanes) is 7. The summed E-state index contributed by atoms with van der Waals surface area (Å²) in [7, 11) is 4.31. The molecule has 0 aromatic rings. The molecule has 0 rings (SSSR count). The minimum absolute atomic E-state index is 0.769. The highest BCUT2D eigenvalue weighted by atomic mass is 79.9. The van der Waals surface area contributed by atoms with Gasteiger partial charge in [0.2, 0.25) is 0 Å². The third-order valence-electron chi connectivity index (χ3n) is 2.73. The fourth-order valence-corrected chi connectivity index (χ4v) is 2.35. The summed E-state index contributed by atoms with van der Waals surface area (Å²) < 4.78 is 0. The van der Waals surface area contributed by atoms with Crippen LogP contribution >= 0.6 is 27.5 Å². The van der Waals surface area contributed by atoms with Gasteiger partial charge in [-0.15, -0.1) is 11.6 Å². The number of hydrogen-bond donors (Lipinski definition) is 0. The fourth-order valence-electron chi connectivity index (χ4n) is 1.61. The molecule has 0 aromatic carbocycles. The molecule has 0 aliphatic rings. The number of hydrogen-bond acceptors (Lipinski definition) is 1. The largest absolute Gasteiger partial charge is 0.309 e. The lowest BCUT2D eigenvalue weighted by molar-refractivity contribution is 0.389. The first-order chi connectivity index (χ1) is 8.68. The second kappa shape index (κ2) is 20.1. The van der Waals surface area contributed by atoms with Crippen molar-refractivity contribution in [1.82, 2.24) is 4.90 Å². The predicted octanol–water partition coefficient (Wildman–Crippen LogP) is 5.70. The van der Waals surface area contributed by atoms with E-state index >= 15 is 0 Å². The van der Waals surface area contributed by atoms with Crippen LogP contribution in [-0.4, -0.2) is 36.8 Å². The summed E-state index contributed by atoms with van der Waals surface area (Å²) in [5, 5.41) is 1.02. The molecule has 0 amide bonds. The Morgan fingerprint density at radius 3 is 1.67 bits per heavy atom. The summed E-state index contributed by atoms with van der Waals surface area (Å²) in [6.45, 7) is 3.53. The molecule has 3 heteroatoms. The molecular weight excluding hydrogens is 310 g/mol. The molecular formula is C15H33BrClN. The van der Waals surface area contributed by atoms with E-state index in [1.165, 1.54) is 57.9 Å². The van der Waals surface area contributed by atoms with Crippen LogP contribution in [0.4, 0.5) is 0 Å². The van der Waals surface area contributed by atoms with Gasteiger partial charge in [-0.1, -0.05) is 67.8 Å². The Labute approximate surface area is 129 Å². The van der Waals surface area contributed by atoms with E-state index in [-0.39, 0.29) is 0 Å². The third-order valence-corrected chi connectivity index (χ3v) is 3.55. The minimum Gasteiger partial charge on any atom is -0.309 e. The Bertz CT molecular complexity index is 130. The second-order valence-corrected chi connectivity index (χ2v) is 6.18. The lowest BCUT2D eigenvalue weighted by Crippen LogP contribution is -2.12. The van der Waals surface area contributed by atoms with E-state index in [1.807, 2.05) is 0 Å². The monoisotopic (exact) mass is 341 g/mol. The molecule has 0 saturated heterocycles. The van der Waals surface area contributed by atoms with E-state index in [1.54, 1.807) is 0 Å². The van der Waals surface area contributed by atoms with Crippen LogP contribution in [0.5, 0.6) is 0 Å². The van der Waals surface area contributed by atoms with Gasteiger partial charge in [-0.3, -0.25) is 0 Å². The number of rotatable bonds is 11. The summed E-state index contributed by atoms with van der Waals surface area (Å²) in [5.41, 5.74) is 0. The highest BCUT2D eigenvalue weighted by molar-refractivity contribution is 9.09. The average molecular weight is 343 g/mol. The lowest BCUT2D eigenvalue weighted by atomic mass is 10.1. The number of halogens is 2. The van der Waals surface area contributed by atoms with E-state index in [4.69, 9.17) is 11.6 Å². The van der Waals surface area contributed by atoms with Crippen LogP contribution in [0.25, 0.3) is 0 Å². The first-order valence-corrected chi connectivity index (χ1v) is 9.11.